The molecule has 0 aliphatic heterocycles. The summed E-state index contributed by atoms with van der Waals surface area (Å²) in [5.74, 6) is 0.230. The zero-order chi connectivity index (χ0) is 14.5. The third kappa shape index (κ3) is 6.21. The lowest BCUT2D eigenvalue weighted by atomic mass is 10.0. The smallest absolute Gasteiger partial charge is 0.148 e. The molecular formula is C15H25NO2S. The number of benzene rings is 1. The second-order valence-corrected chi connectivity index (χ2v) is 7.62. The standard InChI is InChI=1S/C15H25NO2S/c1-5-15(16(3)10-11-19(4,17)18)12-14-8-6-13(2)7-9-14/h6-9,15H,5,10-12H2,1-4H3. The van der Waals surface area contributed by atoms with Crippen molar-refractivity contribution in [3.8, 4) is 0 Å². The second kappa shape index (κ2) is 7.06. The molecule has 19 heavy (non-hydrogen) atoms. The fourth-order valence-corrected chi connectivity index (χ4v) is 2.72. The van der Waals surface area contributed by atoms with Gasteiger partial charge in [-0.05, 0) is 32.4 Å². The third-order valence-electron chi connectivity index (χ3n) is 3.50. The van der Waals surface area contributed by atoms with Crippen LogP contribution in [0.3, 0.4) is 0 Å². The SMILES string of the molecule is CCC(Cc1ccc(C)cc1)N(C)CCS(C)(=O)=O. The van der Waals surface area contributed by atoms with E-state index < -0.39 is 9.84 Å². The van der Waals surface area contributed by atoms with Gasteiger partial charge in [-0.25, -0.2) is 8.42 Å². The Morgan fingerprint density at radius 3 is 2.26 bits per heavy atom. The van der Waals surface area contributed by atoms with E-state index in [4.69, 9.17) is 0 Å². The molecule has 0 radical (unpaired) electrons. The first-order chi connectivity index (χ1) is 8.81. The maximum atomic E-state index is 11.2. The van der Waals surface area contributed by atoms with Crippen molar-refractivity contribution in [3.63, 3.8) is 0 Å². The molecule has 0 spiro atoms. The van der Waals surface area contributed by atoms with E-state index in [0.717, 1.165) is 12.8 Å². The highest BCUT2D eigenvalue weighted by molar-refractivity contribution is 7.90. The van der Waals surface area contributed by atoms with Crippen molar-refractivity contribution in [1.29, 1.82) is 0 Å². The lowest BCUT2D eigenvalue weighted by molar-refractivity contribution is 0.247. The highest BCUT2D eigenvalue weighted by Crippen LogP contribution is 2.12. The Kier molecular flexibility index (Phi) is 6.01. The van der Waals surface area contributed by atoms with E-state index in [1.54, 1.807) is 0 Å². The second-order valence-electron chi connectivity index (χ2n) is 5.36. The van der Waals surface area contributed by atoms with Crippen LogP contribution in [0.4, 0.5) is 0 Å². The number of likely N-dealkylation sites (N-methyl/N-ethyl adjacent to an activating group) is 1. The van der Waals surface area contributed by atoms with Gasteiger partial charge in [-0.1, -0.05) is 36.8 Å². The van der Waals surface area contributed by atoms with Crippen LogP contribution in [-0.4, -0.2) is 45.0 Å². The molecule has 1 aromatic rings. The maximum Gasteiger partial charge on any atom is 0.148 e. The predicted octanol–water partition coefficient (Wildman–Crippen LogP) is 2.29. The minimum absolute atomic E-state index is 0.230. The first kappa shape index (κ1) is 16.2. The number of hydrogen-bond donors (Lipinski definition) is 0. The Labute approximate surface area is 117 Å². The fraction of sp³-hybridized carbons (Fsp3) is 0.600. The lowest BCUT2D eigenvalue weighted by Gasteiger charge is -2.27. The number of hydrogen-bond acceptors (Lipinski definition) is 3. The molecule has 0 saturated carbocycles. The van der Waals surface area contributed by atoms with Gasteiger partial charge < -0.3 is 4.90 Å². The molecule has 0 N–H and O–H groups in total. The molecule has 0 fully saturated rings. The molecule has 1 rings (SSSR count). The molecule has 0 amide bonds. The van der Waals surface area contributed by atoms with E-state index in [2.05, 4.69) is 43.0 Å². The van der Waals surface area contributed by atoms with Crippen LogP contribution >= 0.6 is 0 Å². The Balaban J connectivity index is 2.59. The summed E-state index contributed by atoms with van der Waals surface area (Å²) in [7, 11) is -0.874. The lowest BCUT2D eigenvalue weighted by Crippen LogP contribution is -2.36. The van der Waals surface area contributed by atoms with Crippen molar-refractivity contribution in [2.24, 2.45) is 0 Å². The number of sulfone groups is 1. The summed E-state index contributed by atoms with van der Waals surface area (Å²) in [6, 6.07) is 8.95. The minimum Gasteiger partial charge on any atom is -0.302 e. The maximum absolute atomic E-state index is 11.2. The molecule has 1 aromatic carbocycles. The van der Waals surface area contributed by atoms with Crippen molar-refractivity contribution >= 4 is 9.84 Å². The molecule has 1 unspecified atom stereocenters. The average molecular weight is 283 g/mol. The Hall–Kier alpha value is -0.870. The van der Waals surface area contributed by atoms with Crippen LogP contribution in [0.15, 0.2) is 24.3 Å². The van der Waals surface area contributed by atoms with Crippen LogP contribution in [-0.2, 0) is 16.3 Å². The number of nitrogens with zero attached hydrogens (tertiary/aromatic N) is 1. The first-order valence-corrected chi connectivity index (χ1v) is 8.81. The van der Waals surface area contributed by atoms with Crippen LogP contribution in [0.2, 0.25) is 0 Å². The van der Waals surface area contributed by atoms with Gasteiger partial charge in [0.15, 0.2) is 0 Å². The average Bonchev–Trinajstić information content (AvgIpc) is 2.34. The number of rotatable bonds is 7. The Bertz CT molecular complexity index is 479. The summed E-state index contributed by atoms with van der Waals surface area (Å²) >= 11 is 0. The van der Waals surface area contributed by atoms with Gasteiger partial charge in [0.1, 0.15) is 9.84 Å². The van der Waals surface area contributed by atoms with E-state index in [9.17, 15) is 8.42 Å². The molecule has 0 saturated heterocycles. The van der Waals surface area contributed by atoms with Crippen molar-refractivity contribution in [1.82, 2.24) is 4.90 Å². The van der Waals surface area contributed by atoms with Gasteiger partial charge in [0.05, 0.1) is 5.75 Å². The Morgan fingerprint density at radius 1 is 1.21 bits per heavy atom. The zero-order valence-electron chi connectivity index (χ0n) is 12.4. The molecule has 0 heterocycles. The van der Waals surface area contributed by atoms with Gasteiger partial charge in [-0.3, -0.25) is 0 Å². The van der Waals surface area contributed by atoms with E-state index in [1.807, 2.05) is 7.05 Å². The van der Waals surface area contributed by atoms with E-state index >= 15 is 0 Å². The van der Waals surface area contributed by atoms with Gasteiger partial charge in [0.25, 0.3) is 0 Å². The molecule has 0 aliphatic carbocycles. The molecule has 3 nitrogen and oxygen atoms in total. The van der Waals surface area contributed by atoms with Crippen molar-refractivity contribution in [2.75, 3.05) is 25.6 Å². The van der Waals surface area contributed by atoms with Gasteiger partial charge >= 0.3 is 0 Å². The molecule has 0 bridgehead atoms. The van der Waals surface area contributed by atoms with Crippen molar-refractivity contribution in [2.45, 2.75) is 32.7 Å². The molecule has 0 aromatic heterocycles. The van der Waals surface area contributed by atoms with Gasteiger partial charge in [-0.2, -0.15) is 0 Å². The van der Waals surface area contributed by atoms with Gasteiger partial charge in [0.2, 0.25) is 0 Å². The fourth-order valence-electron chi connectivity index (χ4n) is 2.10. The zero-order valence-corrected chi connectivity index (χ0v) is 13.2. The van der Waals surface area contributed by atoms with Crippen LogP contribution in [0.25, 0.3) is 0 Å². The van der Waals surface area contributed by atoms with Crippen molar-refractivity contribution < 1.29 is 8.42 Å². The normalized spacial score (nSPS) is 13.7. The summed E-state index contributed by atoms with van der Waals surface area (Å²) < 4.78 is 22.4. The highest BCUT2D eigenvalue weighted by Gasteiger charge is 2.15. The monoisotopic (exact) mass is 283 g/mol. The molecule has 1 atom stereocenters. The summed E-state index contributed by atoms with van der Waals surface area (Å²) in [6.45, 7) is 4.83. The topological polar surface area (TPSA) is 37.4 Å². The summed E-state index contributed by atoms with van der Waals surface area (Å²) in [6.07, 6.45) is 3.28. The van der Waals surface area contributed by atoms with Gasteiger partial charge in [0, 0.05) is 18.8 Å². The van der Waals surface area contributed by atoms with E-state index in [-0.39, 0.29) is 5.75 Å². The van der Waals surface area contributed by atoms with Crippen LogP contribution in [0.1, 0.15) is 24.5 Å². The molecule has 108 valence electrons. The number of aryl methyl sites for hydroxylation is 1. The third-order valence-corrected chi connectivity index (χ3v) is 4.43. The van der Waals surface area contributed by atoms with Crippen molar-refractivity contribution in [3.05, 3.63) is 35.4 Å². The highest BCUT2D eigenvalue weighted by atomic mass is 32.2. The molecule has 4 heteroatoms. The summed E-state index contributed by atoms with van der Waals surface area (Å²) in [5, 5.41) is 0. The van der Waals surface area contributed by atoms with Gasteiger partial charge in [-0.15, -0.1) is 0 Å². The summed E-state index contributed by atoms with van der Waals surface area (Å²) in [5.41, 5.74) is 2.57. The quantitative estimate of drug-likeness (QED) is 0.770. The predicted molar refractivity (Wildman–Crippen MR) is 81.3 cm³/mol. The Morgan fingerprint density at radius 2 is 1.79 bits per heavy atom. The first-order valence-electron chi connectivity index (χ1n) is 6.75. The van der Waals surface area contributed by atoms with E-state index in [1.165, 1.54) is 17.4 Å². The van der Waals surface area contributed by atoms with Crippen LogP contribution in [0.5, 0.6) is 0 Å². The van der Waals surface area contributed by atoms with E-state index in [0.29, 0.717) is 12.6 Å². The minimum atomic E-state index is -2.88. The summed E-state index contributed by atoms with van der Waals surface area (Å²) in [4.78, 5) is 2.15. The van der Waals surface area contributed by atoms with Crippen LogP contribution in [0, 0.1) is 6.92 Å². The van der Waals surface area contributed by atoms with Crippen LogP contribution < -0.4 is 0 Å². The largest absolute Gasteiger partial charge is 0.302 e. The molecular weight excluding hydrogens is 258 g/mol. The molecule has 0 aliphatic rings.